The summed E-state index contributed by atoms with van der Waals surface area (Å²) in [5.41, 5.74) is 0.334. The first-order valence-corrected chi connectivity index (χ1v) is 6.97. The summed E-state index contributed by atoms with van der Waals surface area (Å²) in [6.07, 6.45) is 2.17. The molecule has 2 aromatic heterocycles. The van der Waals surface area contributed by atoms with Crippen LogP contribution in [0.1, 0.15) is 36.8 Å². The van der Waals surface area contributed by atoms with Gasteiger partial charge < -0.3 is 14.4 Å². The van der Waals surface area contributed by atoms with Gasteiger partial charge in [-0.05, 0) is 26.3 Å². The molecule has 0 unspecified atom stereocenters. The van der Waals surface area contributed by atoms with Gasteiger partial charge in [0.25, 0.3) is 5.56 Å². The molecular weight excluding hydrogens is 272 g/mol. The lowest BCUT2D eigenvalue weighted by atomic mass is 10.1. The fourth-order valence-corrected chi connectivity index (χ4v) is 2.42. The first kappa shape index (κ1) is 15.0. The third kappa shape index (κ3) is 2.37. The van der Waals surface area contributed by atoms with Crippen LogP contribution in [0.15, 0.2) is 17.1 Å². The first-order valence-electron chi connectivity index (χ1n) is 6.97. The van der Waals surface area contributed by atoms with Crippen molar-refractivity contribution in [3.63, 3.8) is 0 Å². The minimum absolute atomic E-state index is 0.134. The Kier molecular flexibility index (Phi) is 4.26. The molecule has 0 bridgehead atoms. The highest BCUT2D eigenvalue weighted by atomic mass is 16.5. The van der Waals surface area contributed by atoms with Crippen LogP contribution in [0.2, 0.25) is 0 Å². The SMILES string of the molecule is CCOC(=O)c1c(O)c2c(CC)nccc2n(CC)c1=O. The van der Waals surface area contributed by atoms with E-state index in [1.165, 1.54) is 4.57 Å². The third-order valence-corrected chi connectivity index (χ3v) is 3.36. The van der Waals surface area contributed by atoms with Crippen LogP contribution >= 0.6 is 0 Å². The number of carbonyl (C=O) groups is 1. The molecule has 0 saturated heterocycles. The summed E-state index contributed by atoms with van der Waals surface area (Å²) in [5.74, 6) is -1.15. The zero-order valence-corrected chi connectivity index (χ0v) is 12.3. The van der Waals surface area contributed by atoms with Crippen LogP contribution in [-0.2, 0) is 17.7 Å². The summed E-state index contributed by atoms with van der Waals surface area (Å²) in [7, 11) is 0. The van der Waals surface area contributed by atoms with E-state index in [2.05, 4.69) is 4.98 Å². The lowest BCUT2D eigenvalue weighted by Gasteiger charge is -2.14. The number of rotatable bonds is 4. The molecule has 2 aromatic rings. The Morgan fingerprint density at radius 3 is 2.67 bits per heavy atom. The van der Waals surface area contributed by atoms with Gasteiger partial charge in [-0.3, -0.25) is 9.78 Å². The van der Waals surface area contributed by atoms with Gasteiger partial charge in [-0.25, -0.2) is 4.79 Å². The summed E-state index contributed by atoms with van der Waals surface area (Å²) >= 11 is 0. The van der Waals surface area contributed by atoms with E-state index in [1.54, 1.807) is 26.1 Å². The van der Waals surface area contributed by atoms with E-state index in [4.69, 9.17) is 4.74 Å². The van der Waals surface area contributed by atoms with Crippen LogP contribution in [0.25, 0.3) is 10.9 Å². The average molecular weight is 290 g/mol. The predicted molar refractivity (Wildman–Crippen MR) is 78.7 cm³/mol. The molecule has 0 aromatic carbocycles. The van der Waals surface area contributed by atoms with Gasteiger partial charge in [0.05, 0.1) is 23.2 Å². The molecule has 2 rings (SSSR count). The topological polar surface area (TPSA) is 81.4 Å². The van der Waals surface area contributed by atoms with Gasteiger partial charge >= 0.3 is 5.97 Å². The standard InChI is InChI=1S/C15H18N2O4/c1-4-9-11-10(7-8-16-9)17(5-2)14(19)12(13(11)18)15(20)21-6-3/h7-8,18H,4-6H2,1-3H3. The molecule has 0 fully saturated rings. The van der Waals surface area contributed by atoms with Crippen molar-refractivity contribution in [1.82, 2.24) is 9.55 Å². The smallest absolute Gasteiger partial charge is 0.347 e. The fraction of sp³-hybridized carbons (Fsp3) is 0.400. The van der Waals surface area contributed by atoms with E-state index in [0.717, 1.165) is 0 Å². The summed E-state index contributed by atoms with van der Waals surface area (Å²) in [6.45, 7) is 5.86. The Balaban J connectivity index is 2.94. The highest BCUT2D eigenvalue weighted by Gasteiger charge is 2.24. The number of pyridine rings is 2. The van der Waals surface area contributed by atoms with Crippen molar-refractivity contribution in [2.75, 3.05) is 6.61 Å². The molecule has 0 aliphatic carbocycles. The number of aryl methyl sites for hydroxylation is 2. The third-order valence-electron chi connectivity index (χ3n) is 3.36. The Morgan fingerprint density at radius 2 is 2.10 bits per heavy atom. The zero-order valence-electron chi connectivity index (χ0n) is 12.3. The molecule has 2 heterocycles. The Morgan fingerprint density at radius 1 is 1.38 bits per heavy atom. The van der Waals surface area contributed by atoms with E-state index >= 15 is 0 Å². The van der Waals surface area contributed by atoms with E-state index in [0.29, 0.717) is 29.6 Å². The van der Waals surface area contributed by atoms with Crippen molar-refractivity contribution < 1.29 is 14.6 Å². The van der Waals surface area contributed by atoms with E-state index in [9.17, 15) is 14.7 Å². The number of nitrogens with zero attached hydrogens (tertiary/aromatic N) is 2. The van der Waals surface area contributed by atoms with Crippen molar-refractivity contribution in [3.8, 4) is 5.75 Å². The fourth-order valence-electron chi connectivity index (χ4n) is 2.42. The van der Waals surface area contributed by atoms with Crippen molar-refractivity contribution in [3.05, 3.63) is 33.9 Å². The Hall–Kier alpha value is -2.37. The van der Waals surface area contributed by atoms with Crippen LogP contribution in [0.3, 0.4) is 0 Å². The molecule has 21 heavy (non-hydrogen) atoms. The Labute approximate surface area is 122 Å². The number of aromatic hydroxyl groups is 1. The molecule has 0 saturated carbocycles. The van der Waals surface area contributed by atoms with Crippen LogP contribution in [0.5, 0.6) is 5.75 Å². The molecule has 6 nitrogen and oxygen atoms in total. The minimum atomic E-state index is -0.810. The van der Waals surface area contributed by atoms with Gasteiger partial charge in [0.15, 0.2) is 5.56 Å². The summed E-state index contributed by atoms with van der Waals surface area (Å²) in [6, 6.07) is 1.66. The van der Waals surface area contributed by atoms with Crippen LogP contribution in [-0.4, -0.2) is 27.2 Å². The molecule has 0 aliphatic rings. The van der Waals surface area contributed by atoms with Crippen molar-refractivity contribution in [2.24, 2.45) is 0 Å². The number of fused-ring (bicyclic) bond motifs is 1. The molecule has 0 spiro atoms. The summed E-state index contributed by atoms with van der Waals surface area (Å²) in [5, 5.41) is 10.8. The molecule has 0 radical (unpaired) electrons. The molecule has 1 N–H and O–H groups in total. The number of carbonyl (C=O) groups excluding carboxylic acids is 1. The molecule has 0 aliphatic heterocycles. The highest BCUT2D eigenvalue weighted by molar-refractivity contribution is 6.00. The first-order chi connectivity index (χ1) is 10.1. The number of esters is 1. The highest BCUT2D eigenvalue weighted by Crippen LogP contribution is 2.29. The van der Waals surface area contributed by atoms with Gasteiger partial charge in [0, 0.05) is 12.7 Å². The maximum absolute atomic E-state index is 12.4. The predicted octanol–water partition coefficient (Wildman–Crippen LogP) is 1.86. The summed E-state index contributed by atoms with van der Waals surface area (Å²) < 4.78 is 6.33. The molecule has 6 heteroatoms. The second-order valence-electron chi connectivity index (χ2n) is 4.50. The van der Waals surface area contributed by atoms with Gasteiger partial charge in [-0.1, -0.05) is 6.92 Å². The van der Waals surface area contributed by atoms with Gasteiger partial charge in [0.2, 0.25) is 0 Å². The quantitative estimate of drug-likeness (QED) is 0.869. The molecule has 0 atom stereocenters. The van der Waals surface area contributed by atoms with Crippen LogP contribution in [0.4, 0.5) is 0 Å². The monoisotopic (exact) mass is 290 g/mol. The van der Waals surface area contributed by atoms with Crippen LogP contribution in [0, 0.1) is 0 Å². The van der Waals surface area contributed by atoms with Crippen molar-refractivity contribution in [2.45, 2.75) is 33.7 Å². The zero-order chi connectivity index (χ0) is 15.6. The largest absolute Gasteiger partial charge is 0.506 e. The summed E-state index contributed by atoms with van der Waals surface area (Å²) in [4.78, 5) is 28.6. The molecule has 112 valence electrons. The van der Waals surface area contributed by atoms with E-state index < -0.39 is 11.5 Å². The van der Waals surface area contributed by atoms with Gasteiger partial charge in [0.1, 0.15) is 5.75 Å². The Bertz CT molecular complexity index is 749. The number of hydrogen-bond acceptors (Lipinski definition) is 5. The maximum Gasteiger partial charge on any atom is 0.347 e. The maximum atomic E-state index is 12.4. The number of aromatic nitrogens is 2. The second-order valence-corrected chi connectivity index (χ2v) is 4.50. The van der Waals surface area contributed by atoms with Crippen LogP contribution < -0.4 is 5.56 Å². The normalized spacial score (nSPS) is 10.8. The average Bonchev–Trinajstić information content (AvgIpc) is 2.47. The van der Waals surface area contributed by atoms with Gasteiger partial charge in [-0.2, -0.15) is 0 Å². The van der Waals surface area contributed by atoms with Gasteiger partial charge in [-0.15, -0.1) is 0 Å². The lowest BCUT2D eigenvalue weighted by molar-refractivity contribution is 0.0520. The van der Waals surface area contributed by atoms with Crippen molar-refractivity contribution >= 4 is 16.9 Å². The van der Waals surface area contributed by atoms with E-state index in [1.807, 2.05) is 6.92 Å². The minimum Gasteiger partial charge on any atom is -0.506 e. The number of hydrogen-bond donors (Lipinski definition) is 1. The molecule has 0 amide bonds. The van der Waals surface area contributed by atoms with E-state index in [-0.39, 0.29) is 17.9 Å². The lowest BCUT2D eigenvalue weighted by Crippen LogP contribution is -2.28. The molecular formula is C15H18N2O4. The van der Waals surface area contributed by atoms with Crippen molar-refractivity contribution in [1.29, 1.82) is 0 Å². The second kappa shape index (κ2) is 5.95. The number of ether oxygens (including phenoxy) is 1.